The lowest BCUT2D eigenvalue weighted by atomic mass is 9.99. The largest absolute Gasteiger partial charge is 0.408 e. The van der Waals surface area contributed by atoms with Crippen LogP contribution in [0.2, 0.25) is 0 Å². The Morgan fingerprint density at radius 1 is 1.35 bits per heavy atom. The Balaban J connectivity index is 2.67. The fourth-order valence-corrected chi connectivity index (χ4v) is 2.87. The number of piperazine rings is 1. The molecule has 5 nitrogen and oxygen atoms in total. The molecule has 0 aromatic carbocycles. The molecule has 1 heterocycles. The molecule has 8 heteroatoms. The minimum atomic E-state index is -4.46. The predicted molar refractivity (Wildman–Crippen MR) is 82.1 cm³/mol. The van der Waals surface area contributed by atoms with Crippen LogP contribution in [0.25, 0.3) is 0 Å². The first-order valence-corrected chi connectivity index (χ1v) is 8.10. The summed E-state index contributed by atoms with van der Waals surface area (Å²) in [7, 11) is 0. The van der Waals surface area contributed by atoms with Gasteiger partial charge in [-0.05, 0) is 19.8 Å². The van der Waals surface area contributed by atoms with Gasteiger partial charge >= 0.3 is 12.2 Å². The van der Waals surface area contributed by atoms with Crippen molar-refractivity contribution in [2.24, 2.45) is 5.92 Å². The highest BCUT2D eigenvalue weighted by Crippen LogP contribution is 2.27. The maximum atomic E-state index is 13.1. The van der Waals surface area contributed by atoms with E-state index in [0.717, 1.165) is 0 Å². The Bertz CT molecular complexity index is 391. The second kappa shape index (κ2) is 8.19. The number of nitrogens with one attached hydrogen (secondary N) is 1. The summed E-state index contributed by atoms with van der Waals surface area (Å²) in [5.41, 5.74) is 0. The highest BCUT2D eigenvalue weighted by atomic mass is 19.4. The Kier molecular flexibility index (Phi) is 7.13. The third-order valence-corrected chi connectivity index (χ3v) is 4.34. The zero-order valence-electron chi connectivity index (χ0n) is 14.2. The predicted octanol–water partition coefficient (Wildman–Crippen LogP) is 2.06. The zero-order valence-corrected chi connectivity index (χ0v) is 14.2. The molecule has 0 unspecified atom stereocenters. The Morgan fingerprint density at radius 3 is 2.39 bits per heavy atom. The van der Waals surface area contributed by atoms with E-state index in [9.17, 15) is 23.1 Å². The smallest absolute Gasteiger partial charge is 0.392 e. The van der Waals surface area contributed by atoms with Gasteiger partial charge in [-0.2, -0.15) is 13.2 Å². The third-order valence-electron chi connectivity index (χ3n) is 4.34. The lowest BCUT2D eigenvalue weighted by molar-refractivity contribution is -0.164. The molecule has 23 heavy (non-hydrogen) atoms. The normalized spacial score (nSPS) is 24.2. The van der Waals surface area contributed by atoms with E-state index in [1.54, 1.807) is 20.8 Å². The highest BCUT2D eigenvalue weighted by Gasteiger charge is 2.44. The van der Waals surface area contributed by atoms with E-state index >= 15 is 0 Å². The van der Waals surface area contributed by atoms with Crippen LogP contribution >= 0.6 is 0 Å². The molecule has 1 aliphatic heterocycles. The summed E-state index contributed by atoms with van der Waals surface area (Å²) in [4.78, 5) is 15.7. The molecule has 0 bridgehead atoms. The maximum Gasteiger partial charge on any atom is 0.408 e. The van der Waals surface area contributed by atoms with Gasteiger partial charge in [-0.25, -0.2) is 4.79 Å². The lowest BCUT2D eigenvalue weighted by Crippen LogP contribution is -2.60. The fraction of sp³-hybridized carbons (Fsp3) is 0.933. The summed E-state index contributed by atoms with van der Waals surface area (Å²) in [5, 5.41) is 11.6. The summed E-state index contributed by atoms with van der Waals surface area (Å²) in [6.07, 6.45) is -4.59. The molecule has 0 aliphatic carbocycles. The number of urea groups is 1. The summed E-state index contributed by atoms with van der Waals surface area (Å²) >= 11 is 0. The van der Waals surface area contributed by atoms with E-state index in [1.165, 1.54) is 11.8 Å². The van der Waals surface area contributed by atoms with E-state index in [1.807, 2.05) is 4.90 Å². The Hall–Kier alpha value is -1.02. The van der Waals surface area contributed by atoms with Crippen LogP contribution in [0.3, 0.4) is 0 Å². The zero-order chi connectivity index (χ0) is 17.8. The molecule has 1 rings (SSSR count). The van der Waals surface area contributed by atoms with E-state index in [4.69, 9.17) is 0 Å². The van der Waals surface area contributed by atoms with Crippen molar-refractivity contribution < 1.29 is 23.1 Å². The number of alkyl halides is 3. The molecule has 2 amide bonds. The number of amides is 2. The molecule has 0 spiro atoms. The van der Waals surface area contributed by atoms with Crippen molar-refractivity contribution in [1.82, 2.24) is 15.1 Å². The summed E-state index contributed by atoms with van der Waals surface area (Å²) in [6, 6.07) is -2.70. The number of carbonyl (C=O) groups excluding carboxylic acids is 1. The van der Waals surface area contributed by atoms with Crippen LogP contribution in [0.15, 0.2) is 0 Å². The van der Waals surface area contributed by atoms with Crippen LogP contribution < -0.4 is 5.32 Å². The number of carbonyl (C=O) groups is 1. The van der Waals surface area contributed by atoms with Crippen molar-refractivity contribution in [3.8, 4) is 0 Å². The van der Waals surface area contributed by atoms with Gasteiger partial charge in [0.2, 0.25) is 0 Å². The average Bonchev–Trinajstić information content (AvgIpc) is 2.41. The van der Waals surface area contributed by atoms with Crippen LogP contribution in [0.1, 0.15) is 34.1 Å². The summed E-state index contributed by atoms with van der Waals surface area (Å²) < 4.78 is 39.4. The molecule has 1 aliphatic rings. The van der Waals surface area contributed by atoms with Crippen molar-refractivity contribution in [3.05, 3.63) is 0 Å². The van der Waals surface area contributed by atoms with Crippen molar-refractivity contribution in [1.29, 1.82) is 0 Å². The van der Waals surface area contributed by atoms with Gasteiger partial charge in [0.05, 0.1) is 6.10 Å². The Labute approximate surface area is 135 Å². The number of hydrogen-bond acceptors (Lipinski definition) is 3. The molecule has 4 atom stereocenters. The van der Waals surface area contributed by atoms with Gasteiger partial charge in [-0.3, -0.25) is 4.90 Å². The van der Waals surface area contributed by atoms with Crippen molar-refractivity contribution in [2.75, 3.05) is 26.2 Å². The first kappa shape index (κ1) is 20.0. The average molecular weight is 339 g/mol. The van der Waals surface area contributed by atoms with Crippen LogP contribution in [0.5, 0.6) is 0 Å². The molecule has 0 aromatic heterocycles. The number of halogens is 3. The van der Waals surface area contributed by atoms with Gasteiger partial charge in [-0.15, -0.1) is 0 Å². The molecule has 0 aromatic rings. The van der Waals surface area contributed by atoms with Crippen molar-refractivity contribution in [3.63, 3.8) is 0 Å². The minimum Gasteiger partial charge on any atom is -0.392 e. The minimum absolute atomic E-state index is 0.201. The molecule has 0 saturated carbocycles. The molecule has 1 fully saturated rings. The molecule has 136 valence electrons. The second-order valence-corrected chi connectivity index (χ2v) is 6.51. The monoisotopic (exact) mass is 339 g/mol. The SMILES string of the molecule is CC[C@H](C)[C@H](NC(=O)N1CCN(C[C@H](C)O)C[C@H]1C)C(F)(F)F. The summed E-state index contributed by atoms with van der Waals surface area (Å²) in [6.45, 7) is 8.59. The van der Waals surface area contributed by atoms with Gasteiger partial charge in [0.15, 0.2) is 0 Å². The fourth-order valence-electron chi connectivity index (χ4n) is 2.87. The van der Waals surface area contributed by atoms with E-state index in [0.29, 0.717) is 32.6 Å². The highest BCUT2D eigenvalue weighted by molar-refractivity contribution is 5.75. The van der Waals surface area contributed by atoms with Gasteiger partial charge in [0.25, 0.3) is 0 Å². The molecule has 0 radical (unpaired) electrons. The van der Waals surface area contributed by atoms with Gasteiger partial charge in [-0.1, -0.05) is 20.3 Å². The number of aliphatic hydroxyl groups excluding tert-OH is 1. The number of β-amino-alcohol motifs (C(OH)–C–C–N with tert-alkyl or cyclic N) is 1. The van der Waals surface area contributed by atoms with E-state index in [-0.39, 0.29) is 6.04 Å². The van der Waals surface area contributed by atoms with Gasteiger partial charge < -0.3 is 15.3 Å². The van der Waals surface area contributed by atoms with E-state index in [2.05, 4.69) is 5.32 Å². The number of hydrogen-bond donors (Lipinski definition) is 2. The first-order chi connectivity index (χ1) is 10.6. The quantitative estimate of drug-likeness (QED) is 0.806. The molecular formula is C15H28F3N3O2. The summed E-state index contributed by atoms with van der Waals surface area (Å²) in [5.74, 6) is -0.675. The van der Waals surface area contributed by atoms with E-state index < -0.39 is 30.3 Å². The third kappa shape index (κ3) is 5.84. The van der Waals surface area contributed by atoms with Crippen LogP contribution in [0.4, 0.5) is 18.0 Å². The second-order valence-electron chi connectivity index (χ2n) is 6.51. The van der Waals surface area contributed by atoms with Crippen LogP contribution in [0, 0.1) is 5.92 Å². The topological polar surface area (TPSA) is 55.8 Å². The standard InChI is InChI=1S/C15H28F3N3O2/c1-5-10(2)13(15(16,17)18)19-14(23)21-7-6-20(8-11(21)3)9-12(4)22/h10-13,22H,5-9H2,1-4H3,(H,19,23)/t10-,11+,12-,13-/m0/s1. The van der Waals surface area contributed by atoms with Crippen LogP contribution in [-0.4, -0.2) is 71.5 Å². The van der Waals surface area contributed by atoms with Crippen LogP contribution in [-0.2, 0) is 0 Å². The number of aliphatic hydroxyl groups is 1. The molecular weight excluding hydrogens is 311 g/mol. The lowest BCUT2D eigenvalue weighted by Gasteiger charge is -2.41. The van der Waals surface area contributed by atoms with Gasteiger partial charge in [0.1, 0.15) is 6.04 Å². The number of nitrogens with zero attached hydrogens (tertiary/aromatic N) is 2. The Morgan fingerprint density at radius 2 is 1.96 bits per heavy atom. The molecule has 1 saturated heterocycles. The van der Waals surface area contributed by atoms with Crippen molar-refractivity contribution in [2.45, 2.75) is 58.5 Å². The van der Waals surface area contributed by atoms with Gasteiger partial charge in [0, 0.05) is 32.2 Å². The number of rotatable bonds is 5. The van der Waals surface area contributed by atoms with Crippen molar-refractivity contribution >= 4 is 6.03 Å². The molecule has 2 N–H and O–H groups in total. The maximum absolute atomic E-state index is 13.1. The first-order valence-electron chi connectivity index (χ1n) is 8.10.